The Morgan fingerprint density at radius 3 is 2.89 bits per heavy atom. The van der Waals surface area contributed by atoms with Gasteiger partial charge in [-0.1, -0.05) is 23.2 Å². The van der Waals surface area contributed by atoms with Gasteiger partial charge in [-0.25, -0.2) is 0 Å². The van der Waals surface area contributed by atoms with Gasteiger partial charge in [0.05, 0.1) is 11.6 Å². The fourth-order valence-electron chi connectivity index (χ4n) is 1.60. The van der Waals surface area contributed by atoms with Crippen molar-refractivity contribution in [1.82, 2.24) is 15.1 Å². The molecule has 0 aliphatic carbocycles. The smallest absolute Gasteiger partial charge is 0.138 e. The molecule has 0 radical (unpaired) electrons. The predicted octanol–water partition coefficient (Wildman–Crippen LogP) is 2.69. The first-order chi connectivity index (χ1) is 8.66. The second-order valence-electron chi connectivity index (χ2n) is 3.84. The summed E-state index contributed by atoms with van der Waals surface area (Å²) in [4.78, 5) is 0. The van der Waals surface area contributed by atoms with E-state index in [9.17, 15) is 5.11 Å². The van der Waals surface area contributed by atoms with Crippen LogP contribution >= 0.6 is 23.2 Å². The van der Waals surface area contributed by atoms with E-state index in [1.54, 1.807) is 12.3 Å². The maximum absolute atomic E-state index is 9.76. The van der Waals surface area contributed by atoms with Crippen LogP contribution in [0.4, 0.5) is 0 Å². The number of hydrogen-bond acceptors (Lipinski definition) is 3. The molecule has 0 bridgehead atoms. The first-order valence-corrected chi connectivity index (χ1v) is 6.27. The van der Waals surface area contributed by atoms with Crippen LogP contribution in [-0.2, 0) is 13.1 Å². The Labute approximate surface area is 115 Å². The summed E-state index contributed by atoms with van der Waals surface area (Å²) in [5.74, 6) is 0.0765. The van der Waals surface area contributed by atoms with E-state index in [2.05, 4.69) is 10.4 Å². The molecule has 0 spiro atoms. The first-order valence-electron chi connectivity index (χ1n) is 5.52. The van der Waals surface area contributed by atoms with Gasteiger partial charge < -0.3 is 10.4 Å². The van der Waals surface area contributed by atoms with Gasteiger partial charge >= 0.3 is 0 Å². The van der Waals surface area contributed by atoms with Crippen molar-refractivity contribution in [3.63, 3.8) is 0 Å². The van der Waals surface area contributed by atoms with Crippen LogP contribution in [0.1, 0.15) is 5.56 Å². The number of halogens is 2. The normalized spacial score (nSPS) is 10.8. The van der Waals surface area contributed by atoms with Gasteiger partial charge in [-0.15, -0.1) is 0 Å². The fourth-order valence-corrected chi connectivity index (χ4v) is 2.14. The van der Waals surface area contributed by atoms with E-state index >= 15 is 0 Å². The third kappa shape index (κ3) is 3.38. The van der Waals surface area contributed by atoms with Crippen molar-refractivity contribution in [2.75, 3.05) is 6.54 Å². The van der Waals surface area contributed by atoms with E-state index in [0.717, 1.165) is 13.1 Å². The number of aromatic hydroxyl groups is 1. The molecule has 0 aliphatic heterocycles. The van der Waals surface area contributed by atoms with Gasteiger partial charge in [-0.3, -0.25) is 4.68 Å². The third-order valence-corrected chi connectivity index (χ3v) is 3.01. The van der Waals surface area contributed by atoms with E-state index < -0.39 is 0 Å². The van der Waals surface area contributed by atoms with Crippen molar-refractivity contribution in [3.05, 3.63) is 46.2 Å². The lowest BCUT2D eigenvalue weighted by molar-refractivity contribution is 0.462. The quantitative estimate of drug-likeness (QED) is 0.831. The average molecular weight is 286 g/mol. The summed E-state index contributed by atoms with van der Waals surface area (Å²) in [6.45, 7) is 2.01. The molecule has 6 heteroatoms. The number of phenols is 1. The summed E-state index contributed by atoms with van der Waals surface area (Å²) in [7, 11) is 0. The minimum absolute atomic E-state index is 0.0765. The van der Waals surface area contributed by atoms with Crippen LogP contribution in [0.25, 0.3) is 0 Å². The van der Waals surface area contributed by atoms with Crippen molar-refractivity contribution < 1.29 is 5.11 Å². The zero-order valence-corrected chi connectivity index (χ0v) is 11.1. The second kappa shape index (κ2) is 6.09. The van der Waals surface area contributed by atoms with Gasteiger partial charge in [0, 0.05) is 36.1 Å². The number of phenolic OH excluding ortho intramolecular Hbond substituents is 1. The lowest BCUT2D eigenvalue weighted by atomic mass is 10.2. The van der Waals surface area contributed by atoms with Gasteiger partial charge in [0.2, 0.25) is 0 Å². The molecule has 2 rings (SSSR count). The van der Waals surface area contributed by atoms with Crippen molar-refractivity contribution in [1.29, 1.82) is 0 Å². The molecule has 96 valence electrons. The highest BCUT2D eigenvalue weighted by atomic mass is 35.5. The SMILES string of the molecule is Oc1c(Cl)cc(Cl)cc1CNCCn1cccn1. The highest BCUT2D eigenvalue weighted by Crippen LogP contribution is 2.30. The highest BCUT2D eigenvalue weighted by molar-refractivity contribution is 6.35. The summed E-state index contributed by atoms with van der Waals surface area (Å²) < 4.78 is 1.83. The average Bonchev–Trinajstić information content (AvgIpc) is 2.83. The van der Waals surface area contributed by atoms with E-state index in [1.807, 2.05) is 16.9 Å². The van der Waals surface area contributed by atoms with E-state index in [-0.39, 0.29) is 10.8 Å². The van der Waals surface area contributed by atoms with E-state index in [1.165, 1.54) is 6.07 Å². The molecule has 2 aromatic rings. The van der Waals surface area contributed by atoms with E-state index in [0.29, 0.717) is 17.1 Å². The third-order valence-electron chi connectivity index (χ3n) is 2.50. The number of nitrogens with zero attached hydrogens (tertiary/aromatic N) is 2. The number of benzene rings is 1. The maximum atomic E-state index is 9.76. The molecule has 4 nitrogen and oxygen atoms in total. The number of aromatic nitrogens is 2. The topological polar surface area (TPSA) is 50.1 Å². The molecule has 0 aliphatic rings. The van der Waals surface area contributed by atoms with E-state index in [4.69, 9.17) is 23.2 Å². The molecule has 1 aromatic heterocycles. The molecule has 0 fully saturated rings. The molecule has 0 saturated heterocycles. The minimum atomic E-state index is 0.0765. The Morgan fingerprint density at radius 2 is 2.17 bits per heavy atom. The monoisotopic (exact) mass is 285 g/mol. The zero-order chi connectivity index (χ0) is 13.0. The Morgan fingerprint density at radius 1 is 1.33 bits per heavy atom. The molecule has 2 N–H and O–H groups in total. The molecule has 18 heavy (non-hydrogen) atoms. The number of hydrogen-bond donors (Lipinski definition) is 2. The Kier molecular flexibility index (Phi) is 4.47. The summed E-state index contributed by atoms with van der Waals surface area (Å²) in [6.07, 6.45) is 3.64. The standard InChI is InChI=1S/C12H13Cl2N3O/c13-10-6-9(12(18)11(14)7-10)8-15-3-5-17-4-1-2-16-17/h1-2,4,6-7,15,18H,3,5,8H2. The van der Waals surface area contributed by atoms with Gasteiger partial charge in [-0.05, 0) is 18.2 Å². The van der Waals surface area contributed by atoms with Crippen LogP contribution in [0, 0.1) is 0 Å². The zero-order valence-electron chi connectivity index (χ0n) is 9.61. The highest BCUT2D eigenvalue weighted by Gasteiger charge is 2.07. The molecular formula is C12H13Cl2N3O. The summed E-state index contributed by atoms with van der Waals surface area (Å²) in [6, 6.07) is 5.10. The van der Waals surface area contributed by atoms with Crippen LogP contribution in [0.2, 0.25) is 10.0 Å². The minimum Gasteiger partial charge on any atom is -0.506 e. The number of rotatable bonds is 5. The van der Waals surface area contributed by atoms with Crippen LogP contribution in [0.5, 0.6) is 5.75 Å². The van der Waals surface area contributed by atoms with Gasteiger partial charge in [0.15, 0.2) is 0 Å². The summed E-state index contributed by atoms with van der Waals surface area (Å²) in [5.41, 5.74) is 0.688. The van der Waals surface area contributed by atoms with Gasteiger partial charge in [0.25, 0.3) is 0 Å². The molecule has 0 atom stereocenters. The first kappa shape index (κ1) is 13.2. The molecule has 0 unspecified atom stereocenters. The molecular weight excluding hydrogens is 273 g/mol. The van der Waals surface area contributed by atoms with Crippen molar-refractivity contribution in [2.45, 2.75) is 13.1 Å². The molecule has 1 heterocycles. The van der Waals surface area contributed by atoms with Crippen molar-refractivity contribution >= 4 is 23.2 Å². The summed E-state index contributed by atoms with van der Waals surface area (Å²) in [5, 5.41) is 17.8. The molecule has 1 aromatic carbocycles. The maximum Gasteiger partial charge on any atom is 0.138 e. The van der Waals surface area contributed by atoms with Crippen molar-refractivity contribution in [3.8, 4) is 5.75 Å². The Balaban J connectivity index is 1.86. The van der Waals surface area contributed by atoms with Crippen LogP contribution in [-0.4, -0.2) is 21.4 Å². The van der Waals surface area contributed by atoms with Gasteiger partial charge in [-0.2, -0.15) is 5.10 Å². The largest absolute Gasteiger partial charge is 0.506 e. The Bertz CT molecular complexity index is 514. The van der Waals surface area contributed by atoms with Crippen LogP contribution < -0.4 is 5.32 Å². The van der Waals surface area contributed by atoms with Crippen LogP contribution in [0.15, 0.2) is 30.6 Å². The van der Waals surface area contributed by atoms with Crippen LogP contribution in [0.3, 0.4) is 0 Å². The molecule has 0 saturated carbocycles. The lowest BCUT2D eigenvalue weighted by Gasteiger charge is -2.09. The van der Waals surface area contributed by atoms with Crippen molar-refractivity contribution in [2.24, 2.45) is 0 Å². The Hall–Kier alpha value is -1.23. The molecule has 0 amide bonds. The predicted molar refractivity (Wildman–Crippen MR) is 72.1 cm³/mol. The lowest BCUT2D eigenvalue weighted by Crippen LogP contribution is -2.19. The number of nitrogens with one attached hydrogen (secondary N) is 1. The van der Waals surface area contributed by atoms with Gasteiger partial charge in [0.1, 0.15) is 5.75 Å². The summed E-state index contributed by atoms with van der Waals surface area (Å²) >= 11 is 11.7. The second-order valence-corrected chi connectivity index (χ2v) is 4.68. The fraction of sp³-hybridized carbons (Fsp3) is 0.250.